The van der Waals surface area contributed by atoms with E-state index in [0.717, 1.165) is 10.2 Å². The van der Waals surface area contributed by atoms with E-state index >= 15 is 0 Å². The van der Waals surface area contributed by atoms with E-state index in [4.69, 9.17) is 10.6 Å². The molecule has 2 heterocycles. The molecule has 0 unspecified atom stereocenters. The van der Waals surface area contributed by atoms with E-state index < -0.39 is 0 Å². The van der Waals surface area contributed by atoms with Gasteiger partial charge in [-0.15, -0.1) is 0 Å². The van der Waals surface area contributed by atoms with Gasteiger partial charge in [-0.2, -0.15) is 4.98 Å². The number of hydrogen-bond donors (Lipinski definition) is 3. The van der Waals surface area contributed by atoms with Crippen LogP contribution in [-0.2, 0) is 18.0 Å². The Bertz CT molecular complexity index is 619. The molecule has 0 atom stereocenters. The molecule has 19 heavy (non-hydrogen) atoms. The van der Waals surface area contributed by atoms with Gasteiger partial charge >= 0.3 is 0 Å². The second-order valence-electron chi connectivity index (χ2n) is 4.14. The first-order valence-electron chi connectivity index (χ1n) is 5.72. The lowest BCUT2D eigenvalue weighted by Crippen LogP contribution is -2.11. The van der Waals surface area contributed by atoms with Crippen molar-refractivity contribution in [3.63, 3.8) is 0 Å². The molecular formula is C12H12BrN5O. The van der Waals surface area contributed by atoms with E-state index in [1.54, 1.807) is 6.20 Å². The molecule has 6 nitrogen and oxygen atoms in total. The lowest BCUT2D eigenvalue weighted by atomic mass is 10.1. The molecule has 0 aliphatic carbocycles. The molecule has 1 aromatic carbocycles. The van der Waals surface area contributed by atoms with Crippen LogP contribution in [0.2, 0.25) is 0 Å². The maximum absolute atomic E-state index is 5.39. The predicted octanol–water partition coefficient (Wildman–Crippen LogP) is 2.30. The second kappa shape index (κ2) is 5.12. The highest BCUT2D eigenvalue weighted by atomic mass is 79.9. The topological polar surface area (TPSA) is 85.1 Å². The van der Waals surface area contributed by atoms with E-state index in [-0.39, 0.29) is 0 Å². The zero-order valence-electron chi connectivity index (χ0n) is 9.98. The molecule has 98 valence electrons. The number of hydrogen-bond acceptors (Lipinski definition) is 6. The Hall–Kier alpha value is -1.70. The van der Waals surface area contributed by atoms with Crippen LogP contribution in [0, 0.1) is 0 Å². The molecule has 0 radical (unpaired) electrons. The third-order valence-corrected chi connectivity index (χ3v) is 3.44. The number of nitrogens with two attached hydrogens (primary N) is 1. The van der Waals surface area contributed by atoms with Gasteiger partial charge in [0.2, 0.25) is 5.95 Å². The van der Waals surface area contributed by atoms with Gasteiger partial charge in [-0.3, -0.25) is 5.43 Å². The van der Waals surface area contributed by atoms with Crippen molar-refractivity contribution in [3.8, 4) is 0 Å². The fourth-order valence-electron chi connectivity index (χ4n) is 1.91. The molecule has 7 heteroatoms. The smallest absolute Gasteiger partial charge is 0.239 e. The van der Waals surface area contributed by atoms with Crippen molar-refractivity contribution in [3.05, 3.63) is 40.0 Å². The molecule has 1 aliphatic rings. The van der Waals surface area contributed by atoms with Crippen molar-refractivity contribution in [2.75, 3.05) is 10.7 Å². The van der Waals surface area contributed by atoms with Crippen molar-refractivity contribution in [2.45, 2.75) is 13.2 Å². The number of hydrazine groups is 1. The van der Waals surface area contributed by atoms with Crippen LogP contribution in [-0.4, -0.2) is 9.97 Å². The number of nitrogens with zero attached hydrogens (tertiary/aromatic N) is 2. The molecule has 0 saturated heterocycles. The van der Waals surface area contributed by atoms with Gasteiger partial charge in [0.25, 0.3) is 0 Å². The fourth-order valence-corrected chi connectivity index (χ4v) is 2.20. The summed E-state index contributed by atoms with van der Waals surface area (Å²) >= 11 is 3.40. The monoisotopic (exact) mass is 321 g/mol. The van der Waals surface area contributed by atoms with Crippen molar-refractivity contribution in [2.24, 2.45) is 5.84 Å². The van der Waals surface area contributed by atoms with E-state index in [2.05, 4.69) is 48.8 Å². The van der Waals surface area contributed by atoms with Crippen LogP contribution in [0.4, 0.5) is 17.5 Å². The quantitative estimate of drug-likeness (QED) is 0.594. The van der Waals surface area contributed by atoms with Crippen LogP contribution in [0.15, 0.2) is 28.9 Å². The average Bonchev–Trinajstić information content (AvgIpc) is 2.89. The molecule has 4 N–H and O–H groups in total. The summed E-state index contributed by atoms with van der Waals surface area (Å²) in [6, 6.07) is 6.12. The Morgan fingerprint density at radius 1 is 1.26 bits per heavy atom. The Morgan fingerprint density at radius 2 is 2.11 bits per heavy atom. The lowest BCUT2D eigenvalue weighted by molar-refractivity contribution is 0.134. The van der Waals surface area contributed by atoms with Crippen molar-refractivity contribution < 1.29 is 4.74 Å². The summed E-state index contributed by atoms with van der Waals surface area (Å²) in [5, 5.41) is 3.23. The van der Waals surface area contributed by atoms with Crippen LogP contribution in [0.1, 0.15) is 11.1 Å². The molecule has 1 aromatic heterocycles. The standard InChI is InChI=1S/C12H12BrN5O/c13-10-4-15-12(18-14)17-11(10)16-9-2-1-7-5-19-6-8(7)3-9/h1-4H,5-6,14H2,(H2,15,16,17,18). The SMILES string of the molecule is NNc1ncc(Br)c(Nc2ccc3c(c2)COC3)n1. The van der Waals surface area contributed by atoms with Gasteiger partial charge in [-0.05, 0) is 39.2 Å². The van der Waals surface area contributed by atoms with Gasteiger partial charge in [0.15, 0.2) is 0 Å². The molecule has 0 bridgehead atoms. The molecule has 3 rings (SSSR count). The van der Waals surface area contributed by atoms with E-state index in [0.29, 0.717) is 25.0 Å². The largest absolute Gasteiger partial charge is 0.372 e. The third kappa shape index (κ3) is 2.53. The molecule has 1 aliphatic heterocycles. The van der Waals surface area contributed by atoms with Crippen LogP contribution >= 0.6 is 15.9 Å². The Labute approximate surface area is 118 Å². The number of anilines is 3. The van der Waals surface area contributed by atoms with Gasteiger partial charge in [0.1, 0.15) is 5.82 Å². The normalized spacial score (nSPS) is 13.2. The highest BCUT2D eigenvalue weighted by molar-refractivity contribution is 9.10. The summed E-state index contributed by atoms with van der Waals surface area (Å²) in [6.07, 6.45) is 1.64. The summed E-state index contributed by atoms with van der Waals surface area (Å²) in [5.74, 6) is 6.31. The van der Waals surface area contributed by atoms with Gasteiger partial charge in [0, 0.05) is 11.9 Å². The van der Waals surface area contributed by atoms with E-state index in [1.165, 1.54) is 11.1 Å². The van der Waals surface area contributed by atoms with Crippen molar-refractivity contribution in [1.82, 2.24) is 9.97 Å². The number of nitrogens with one attached hydrogen (secondary N) is 2. The van der Waals surface area contributed by atoms with E-state index in [9.17, 15) is 0 Å². The van der Waals surface area contributed by atoms with Gasteiger partial charge in [-0.1, -0.05) is 6.07 Å². The highest BCUT2D eigenvalue weighted by Gasteiger charge is 2.12. The Morgan fingerprint density at radius 3 is 2.95 bits per heavy atom. The number of benzene rings is 1. The Kier molecular flexibility index (Phi) is 3.33. The molecule has 0 spiro atoms. The predicted molar refractivity (Wildman–Crippen MR) is 75.8 cm³/mol. The van der Waals surface area contributed by atoms with E-state index in [1.807, 2.05) is 6.07 Å². The van der Waals surface area contributed by atoms with Gasteiger partial charge in [0.05, 0.1) is 17.7 Å². The lowest BCUT2D eigenvalue weighted by Gasteiger charge is -2.09. The first-order chi connectivity index (χ1) is 9.26. The first-order valence-corrected chi connectivity index (χ1v) is 6.51. The van der Waals surface area contributed by atoms with Crippen molar-refractivity contribution in [1.29, 1.82) is 0 Å². The summed E-state index contributed by atoms with van der Waals surface area (Å²) in [6.45, 7) is 1.35. The molecule has 0 fully saturated rings. The minimum Gasteiger partial charge on any atom is -0.372 e. The highest BCUT2D eigenvalue weighted by Crippen LogP contribution is 2.27. The molecule has 0 amide bonds. The minimum absolute atomic E-state index is 0.357. The zero-order chi connectivity index (χ0) is 13.2. The van der Waals surface area contributed by atoms with Crippen LogP contribution < -0.4 is 16.6 Å². The maximum Gasteiger partial charge on any atom is 0.239 e. The summed E-state index contributed by atoms with van der Waals surface area (Å²) in [5.41, 5.74) is 5.80. The fraction of sp³-hybridized carbons (Fsp3) is 0.167. The maximum atomic E-state index is 5.39. The second-order valence-corrected chi connectivity index (χ2v) is 4.99. The average molecular weight is 322 g/mol. The summed E-state index contributed by atoms with van der Waals surface area (Å²) in [4.78, 5) is 8.25. The molecule has 2 aromatic rings. The van der Waals surface area contributed by atoms with Crippen LogP contribution in [0.25, 0.3) is 0 Å². The number of aromatic nitrogens is 2. The number of rotatable bonds is 3. The van der Waals surface area contributed by atoms with Gasteiger partial charge < -0.3 is 10.1 Å². The summed E-state index contributed by atoms with van der Waals surface area (Å²) in [7, 11) is 0. The number of halogens is 1. The number of fused-ring (bicyclic) bond motifs is 1. The molecular weight excluding hydrogens is 310 g/mol. The van der Waals surface area contributed by atoms with Gasteiger partial charge in [-0.25, -0.2) is 10.8 Å². The van der Waals surface area contributed by atoms with Crippen LogP contribution in [0.5, 0.6) is 0 Å². The first kappa shape index (κ1) is 12.3. The summed E-state index contributed by atoms with van der Waals surface area (Å²) < 4.78 is 6.16. The number of nitrogen functional groups attached to an aromatic ring is 1. The van der Waals surface area contributed by atoms with Crippen molar-refractivity contribution >= 4 is 33.4 Å². The zero-order valence-corrected chi connectivity index (χ0v) is 11.6. The number of ether oxygens (including phenoxy) is 1. The molecule has 0 saturated carbocycles. The minimum atomic E-state index is 0.357. The third-order valence-electron chi connectivity index (χ3n) is 2.86. The Balaban J connectivity index is 1.88. The van der Waals surface area contributed by atoms with Crippen LogP contribution in [0.3, 0.4) is 0 Å².